The second-order valence-corrected chi connectivity index (χ2v) is 6.17. The number of carbonyl (C=O) groups excluding carboxylic acids is 3. The highest BCUT2D eigenvalue weighted by molar-refractivity contribution is 5.94. The van der Waals surface area contributed by atoms with E-state index in [-0.39, 0.29) is 30.1 Å². The summed E-state index contributed by atoms with van der Waals surface area (Å²) in [6.07, 6.45) is 2.41. The van der Waals surface area contributed by atoms with Crippen LogP contribution in [0.25, 0.3) is 0 Å². The minimum Gasteiger partial charge on any atom is -0.469 e. The van der Waals surface area contributed by atoms with Gasteiger partial charge in [-0.2, -0.15) is 0 Å². The molecule has 0 saturated carbocycles. The van der Waals surface area contributed by atoms with E-state index in [2.05, 4.69) is 4.74 Å². The molecule has 0 unspecified atom stereocenters. The number of hydrogen-bond donors (Lipinski definition) is 0. The van der Waals surface area contributed by atoms with Crippen molar-refractivity contribution in [3.05, 3.63) is 35.4 Å². The van der Waals surface area contributed by atoms with Gasteiger partial charge in [-0.1, -0.05) is 12.1 Å². The Labute approximate surface area is 144 Å². The van der Waals surface area contributed by atoms with Gasteiger partial charge in [-0.15, -0.1) is 0 Å². The van der Waals surface area contributed by atoms with E-state index < -0.39 is 0 Å². The number of rotatable bonds is 9. The molecule has 1 rings (SSSR count). The van der Waals surface area contributed by atoms with Gasteiger partial charge in [0.15, 0.2) is 0 Å². The minimum atomic E-state index is -0.325. The number of ether oxygens (including phenoxy) is 1. The highest BCUT2D eigenvalue weighted by Gasteiger charge is 2.19. The van der Waals surface area contributed by atoms with E-state index in [1.807, 2.05) is 26.0 Å². The lowest BCUT2D eigenvalue weighted by molar-refractivity contribution is -0.140. The number of carbonyl (C=O) groups is 3. The third-order valence-electron chi connectivity index (χ3n) is 3.86. The topological polar surface area (TPSA) is 63.7 Å². The lowest BCUT2D eigenvalue weighted by Gasteiger charge is -2.26. The maximum atomic E-state index is 12.6. The van der Waals surface area contributed by atoms with Crippen molar-refractivity contribution in [1.82, 2.24) is 4.90 Å². The monoisotopic (exact) mass is 333 g/mol. The summed E-state index contributed by atoms with van der Waals surface area (Å²) in [5.41, 5.74) is 1.71. The van der Waals surface area contributed by atoms with Gasteiger partial charge in [-0.05, 0) is 51.3 Å². The Balaban J connectivity index is 2.69. The second kappa shape index (κ2) is 9.85. The van der Waals surface area contributed by atoms with E-state index in [0.29, 0.717) is 18.5 Å². The van der Waals surface area contributed by atoms with Gasteiger partial charge in [0.25, 0.3) is 5.91 Å². The molecule has 0 aliphatic rings. The average Bonchev–Trinajstić information content (AvgIpc) is 2.54. The Hall–Kier alpha value is -2.17. The van der Waals surface area contributed by atoms with Crippen LogP contribution in [0.2, 0.25) is 0 Å². The molecule has 5 nitrogen and oxygen atoms in total. The summed E-state index contributed by atoms with van der Waals surface area (Å²) in [4.78, 5) is 36.6. The Morgan fingerprint density at radius 3 is 2.21 bits per heavy atom. The van der Waals surface area contributed by atoms with E-state index >= 15 is 0 Å². The zero-order valence-corrected chi connectivity index (χ0v) is 15.0. The first-order valence-electron chi connectivity index (χ1n) is 8.31. The van der Waals surface area contributed by atoms with E-state index in [0.717, 1.165) is 18.4 Å². The molecule has 0 atom stereocenters. The quantitative estimate of drug-likeness (QED) is 0.652. The van der Waals surface area contributed by atoms with Crippen LogP contribution in [0.3, 0.4) is 0 Å². The van der Waals surface area contributed by atoms with Crippen LogP contribution in [0.4, 0.5) is 0 Å². The largest absolute Gasteiger partial charge is 0.469 e. The summed E-state index contributed by atoms with van der Waals surface area (Å²) in [7, 11) is 1.34. The molecule has 1 amide bonds. The third-order valence-corrected chi connectivity index (χ3v) is 3.86. The molecule has 0 spiro atoms. The number of Topliss-reactive ketones (excluding diaryl/α,β-unsaturated/α-hetero) is 1. The molecule has 24 heavy (non-hydrogen) atoms. The number of hydrogen-bond acceptors (Lipinski definition) is 4. The molecular weight excluding hydrogens is 306 g/mol. The Morgan fingerprint density at radius 2 is 1.71 bits per heavy atom. The van der Waals surface area contributed by atoms with Gasteiger partial charge in [0.2, 0.25) is 0 Å². The van der Waals surface area contributed by atoms with Gasteiger partial charge in [0.05, 0.1) is 13.5 Å². The van der Waals surface area contributed by atoms with Crippen LogP contribution in [-0.4, -0.2) is 42.3 Å². The van der Waals surface area contributed by atoms with Crippen LogP contribution in [-0.2, 0) is 20.7 Å². The predicted octanol–water partition coefficient (Wildman–Crippen LogP) is 3.01. The van der Waals surface area contributed by atoms with Crippen molar-refractivity contribution < 1.29 is 19.1 Å². The molecule has 0 N–H and O–H groups in total. The molecule has 0 aliphatic heterocycles. The van der Waals surface area contributed by atoms with Crippen molar-refractivity contribution in [1.29, 1.82) is 0 Å². The number of benzene rings is 1. The zero-order chi connectivity index (χ0) is 18.1. The van der Waals surface area contributed by atoms with E-state index in [1.54, 1.807) is 24.0 Å². The van der Waals surface area contributed by atoms with Crippen LogP contribution in [0.15, 0.2) is 24.3 Å². The standard InChI is InChI=1S/C19H27NO4/c1-14(2)20(13-12-18(22)24-4)19(23)17-10-8-16(9-11-17)7-5-6-15(3)21/h8-11,14H,5-7,12-13H2,1-4H3. The highest BCUT2D eigenvalue weighted by Crippen LogP contribution is 2.13. The normalized spacial score (nSPS) is 10.5. The van der Waals surface area contributed by atoms with E-state index in [9.17, 15) is 14.4 Å². The van der Waals surface area contributed by atoms with Gasteiger partial charge in [-0.25, -0.2) is 0 Å². The lowest BCUT2D eigenvalue weighted by Crippen LogP contribution is -2.38. The maximum absolute atomic E-state index is 12.6. The fraction of sp³-hybridized carbons (Fsp3) is 0.526. The fourth-order valence-corrected chi connectivity index (χ4v) is 2.43. The summed E-state index contributed by atoms with van der Waals surface area (Å²) < 4.78 is 4.63. The Kier molecular flexibility index (Phi) is 8.16. The number of aryl methyl sites for hydroxylation is 1. The average molecular weight is 333 g/mol. The first-order valence-corrected chi connectivity index (χ1v) is 8.31. The summed E-state index contributed by atoms with van der Waals surface area (Å²) in [5, 5.41) is 0. The molecule has 5 heteroatoms. The molecule has 0 saturated heterocycles. The minimum absolute atomic E-state index is 0.00241. The van der Waals surface area contributed by atoms with E-state index in [1.165, 1.54) is 7.11 Å². The molecule has 0 radical (unpaired) electrons. The Morgan fingerprint density at radius 1 is 1.08 bits per heavy atom. The van der Waals surface area contributed by atoms with Crippen LogP contribution >= 0.6 is 0 Å². The SMILES string of the molecule is COC(=O)CCN(C(=O)c1ccc(CCCC(C)=O)cc1)C(C)C. The number of nitrogens with zero attached hydrogens (tertiary/aromatic N) is 1. The number of amides is 1. The molecule has 0 aliphatic carbocycles. The van der Waals surface area contributed by atoms with Crippen LogP contribution in [0, 0.1) is 0 Å². The maximum Gasteiger partial charge on any atom is 0.307 e. The van der Waals surface area contributed by atoms with Crippen LogP contribution < -0.4 is 0 Å². The second-order valence-electron chi connectivity index (χ2n) is 6.17. The molecule has 1 aromatic rings. The van der Waals surface area contributed by atoms with Crippen LogP contribution in [0.5, 0.6) is 0 Å². The van der Waals surface area contributed by atoms with E-state index in [4.69, 9.17) is 0 Å². The van der Waals surface area contributed by atoms with Gasteiger partial charge < -0.3 is 14.4 Å². The number of esters is 1. The molecular formula is C19H27NO4. The van der Waals surface area contributed by atoms with Gasteiger partial charge in [0.1, 0.15) is 5.78 Å². The van der Waals surface area contributed by atoms with Crippen molar-refractivity contribution in [3.63, 3.8) is 0 Å². The predicted molar refractivity (Wildman–Crippen MR) is 92.9 cm³/mol. The fourth-order valence-electron chi connectivity index (χ4n) is 2.43. The Bertz CT molecular complexity index is 563. The smallest absolute Gasteiger partial charge is 0.307 e. The van der Waals surface area contributed by atoms with Crippen molar-refractivity contribution in [2.24, 2.45) is 0 Å². The van der Waals surface area contributed by atoms with Crippen molar-refractivity contribution in [2.45, 2.75) is 52.5 Å². The summed E-state index contributed by atoms with van der Waals surface area (Å²) in [6, 6.07) is 7.45. The molecule has 0 bridgehead atoms. The first kappa shape index (κ1) is 19.9. The number of ketones is 1. The molecule has 0 heterocycles. The molecule has 0 aromatic heterocycles. The highest BCUT2D eigenvalue weighted by atomic mass is 16.5. The zero-order valence-electron chi connectivity index (χ0n) is 15.0. The molecule has 132 valence electrons. The third kappa shape index (κ3) is 6.52. The van der Waals surface area contributed by atoms with Crippen molar-refractivity contribution in [2.75, 3.05) is 13.7 Å². The van der Waals surface area contributed by atoms with Gasteiger partial charge in [-0.3, -0.25) is 9.59 Å². The van der Waals surface area contributed by atoms with Crippen LogP contribution in [0.1, 0.15) is 56.0 Å². The first-order chi connectivity index (χ1) is 11.3. The summed E-state index contributed by atoms with van der Waals surface area (Å²) >= 11 is 0. The van der Waals surface area contributed by atoms with Gasteiger partial charge >= 0.3 is 5.97 Å². The van der Waals surface area contributed by atoms with Gasteiger partial charge in [0, 0.05) is 24.6 Å². The lowest BCUT2D eigenvalue weighted by atomic mass is 10.0. The van der Waals surface area contributed by atoms with Crippen molar-refractivity contribution >= 4 is 17.7 Å². The summed E-state index contributed by atoms with van der Waals surface area (Å²) in [6.45, 7) is 5.77. The molecule has 0 fully saturated rings. The summed E-state index contributed by atoms with van der Waals surface area (Å²) in [5.74, 6) is -0.224. The van der Waals surface area contributed by atoms with Crippen molar-refractivity contribution in [3.8, 4) is 0 Å². The molecule has 1 aromatic carbocycles. The number of methoxy groups -OCH3 is 1.